The third-order valence-electron chi connectivity index (χ3n) is 3.25. The first kappa shape index (κ1) is 17.7. The fourth-order valence-corrected chi connectivity index (χ4v) is 1.84. The molecule has 0 bridgehead atoms. The van der Waals surface area contributed by atoms with Gasteiger partial charge in [-0.2, -0.15) is 0 Å². The van der Waals surface area contributed by atoms with Crippen LogP contribution in [0.2, 0.25) is 0 Å². The van der Waals surface area contributed by atoms with Crippen LogP contribution in [0.5, 0.6) is 0 Å². The van der Waals surface area contributed by atoms with Crippen molar-refractivity contribution in [2.75, 3.05) is 0 Å². The molecule has 0 saturated carbocycles. The van der Waals surface area contributed by atoms with E-state index in [1.807, 2.05) is 0 Å². The molecule has 1 rings (SSSR count). The van der Waals surface area contributed by atoms with Crippen LogP contribution in [0.15, 0.2) is 24.3 Å². The third kappa shape index (κ3) is 5.20. The summed E-state index contributed by atoms with van der Waals surface area (Å²) in [6, 6.07) is 5.77. The molecular formula is C16H22N2O4. The molecule has 1 aromatic rings. The van der Waals surface area contributed by atoms with Gasteiger partial charge in [0.2, 0.25) is 5.91 Å². The molecule has 0 fully saturated rings. The number of carboxylic acid groups (broad SMARTS) is 1. The van der Waals surface area contributed by atoms with Gasteiger partial charge >= 0.3 is 5.97 Å². The van der Waals surface area contributed by atoms with Crippen LogP contribution in [0.25, 0.3) is 0 Å². The summed E-state index contributed by atoms with van der Waals surface area (Å²) in [5, 5.41) is 14.3. The fourth-order valence-electron chi connectivity index (χ4n) is 1.84. The summed E-state index contributed by atoms with van der Waals surface area (Å²) in [5.74, 6) is -1.72. The summed E-state index contributed by atoms with van der Waals surface area (Å²) in [7, 11) is 0. The van der Waals surface area contributed by atoms with Gasteiger partial charge in [0, 0.05) is 18.5 Å². The molecule has 0 radical (unpaired) electrons. The number of hydrogen-bond acceptors (Lipinski definition) is 3. The first-order valence-corrected chi connectivity index (χ1v) is 7.24. The highest BCUT2D eigenvalue weighted by Gasteiger charge is 2.23. The minimum atomic E-state index is -1.05. The van der Waals surface area contributed by atoms with Crippen molar-refractivity contribution in [3.63, 3.8) is 0 Å². The maximum atomic E-state index is 12.0. The lowest BCUT2D eigenvalue weighted by atomic mass is 10.0. The van der Waals surface area contributed by atoms with E-state index in [-0.39, 0.29) is 11.8 Å². The molecule has 0 aliphatic carbocycles. The van der Waals surface area contributed by atoms with Gasteiger partial charge in [-0.3, -0.25) is 9.59 Å². The van der Waals surface area contributed by atoms with E-state index in [0.717, 1.165) is 5.56 Å². The van der Waals surface area contributed by atoms with Crippen LogP contribution in [-0.2, 0) is 16.1 Å². The van der Waals surface area contributed by atoms with Gasteiger partial charge in [0.25, 0.3) is 5.91 Å². The van der Waals surface area contributed by atoms with Crippen molar-refractivity contribution in [2.45, 2.75) is 39.8 Å². The van der Waals surface area contributed by atoms with Crippen molar-refractivity contribution in [3.8, 4) is 0 Å². The summed E-state index contributed by atoms with van der Waals surface area (Å²) in [4.78, 5) is 34.3. The highest BCUT2D eigenvalue weighted by molar-refractivity contribution is 5.96. The molecule has 6 nitrogen and oxygen atoms in total. The molecule has 0 spiro atoms. The van der Waals surface area contributed by atoms with E-state index in [1.54, 1.807) is 45.0 Å². The first-order valence-electron chi connectivity index (χ1n) is 7.24. The quantitative estimate of drug-likeness (QED) is 0.712. The molecule has 3 N–H and O–H groups in total. The molecule has 1 atom stereocenters. The number of carbonyl (C=O) groups excluding carboxylic acids is 2. The average molecular weight is 306 g/mol. The minimum absolute atomic E-state index is 0.0388. The summed E-state index contributed by atoms with van der Waals surface area (Å²) in [6.07, 6.45) is 0.423. The highest BCUT2D eigenvalue weighted by atomic mass is 16.4. The van der Waals surface area contributed by atoms with E-state index in [4.69, 9.17) is 5.11 Å². The Labute approximate surface area is 129 Å². The number of rotatable bonds is 7. The maximum Gasteiger partial charge on any atom is 0.326 e. The smallest absolute Gasteiger partial charge is 0.326 e. The standard InChI is InChI=1S/C16H22N2O4/c1-4-13(19)17-9-11-5-7-12(8-6-11)15(20)18-14(10(2)3)16(21)22/h5-8,10,14H,4,9H2,1-3H3,(H,17,19)(H,18,20)(H,21,22). The molecule has 1 aromatic carbocycles. The lowest BCUT2D eigenvalue weighted by Gasteiger charge is -2.18. The Bertz CT molecular complexity index is 538. The Kier molecular flexibility index (Phi) is 6.56. The Morgan fingerprint density at radius 1 is 1.14 bits per heavy atom. The topological polar surface area (TPSA) is 95.5 Å². The average Bonchev–Trinajstić information content (AvgIpc) is 2.49. The van der Waals surface area contributed by atoms with Gasteiger partial charge in [0.05, 0.1) is 0 Å². The number of hydrogen-bond donors (Lipinski definition) is 3. The molecule has 0 aromatic heterocycles. The second kappa shape index (κ2) is 8.17. The largest absolute Gasteiger partial charge is 0.480 e. The Morgan fingerprint density at radius 2 is 1.73 bits per heavy atom. The number of benzene rings is 1. The van der Waals surface area contributed by atoms with Gasteiger partial charge < -0.3 is 15.7 Å². The number of nitrogens with one attached hydrogen (secondary N) is 2. The predicted octanol–water partition coefficient (Wildman–Crippen LogP) is 1.55. The van der Waals surface area contributed by atoms with E-state index in [1.165, 1.54) is 0 Å². The number of carboxylic acids is 1. The zero-order chi connectivity index (χ0) is 16.7. The van der Waals surface area contributed by atoms with Crippen LogP contribution < -0.4 is 10.6 Å². The normalized spacial score (nSPS) is 11.8. The Balaban J connectivity index is 2.67. The first-order chi connectivity index (χ1) is 10.3. The molecule has 1 unspecified atom stereocenters. The lowest BCUT2D eigenvalue weighted by molar-refractivity contribution is -0.140. The van der Waals surface area contributed by atoms with Crippen LogP contribution in [0.3, 0.4) is 0 Å². The van der Waals surface area contributed by atoms with E-state index < -0.39 is 17.9 Å². The summed E-state index contributed by atoms with van der Waals surface area (Å²) < 4.78 is 0. The summed E-state index contributed by atoms with van der Waals surface area (Å²) in [5.41, 5.74) is 1.26. The van der Waals surface area contributed by atoms with Crippen LogP contribution in [0, 0.1) is 5.92 Å². The van der Waals surface area contributed by atoms with Crippen molar-refractivity contribution >= 4 is 17.8 Å². The Hall–Kier alpha value is -2.37. The molecule has 22 heavy (non-hydrogen) atoms. The lowest BCUT2D eigenvalue weighted by Crippen LogP contribution is -2.44. The van der Waals surface area contributed by atoms with Gasteiger partial charge in [-0.15, -0.1) is 0 Å². The van der Waals surface area contributed by atoms with Gasteiger partial charge in [-0.25, -0.2) is 4.79 Å². The second-order valence-electron chi connectivity index (χ2n) is 5.36. The zero-order valence-corrected chi connectivity index (χ0v) is 13.1. The van der Waals surface area contributed by atoms with Gasteiger partial charge in [0.15, 0.2) is 0 Å². The second-order valence-corrected chi connectivity index (χ2v) is 5.36. The van der Waals surface area contributed by atoms with Crippen molar-refractivity contribution in [3.05, 3.63) is 35.4 Å². The molecular weight excluding hydrogens is 284 g/mol. The highest BCUT2D eigenvalue weighted by Crippen LogP contribution is 2.07. The van der Waals surface area contributed by atoms with E-state index >= 15 is 0 Å². The number of amides is 2. The van der Waals surface area contributed by atoms with Crippen LogP contribution >= 0.6 is 0 Å². The summed E-state index contributed by atoms with van der Waals surface area (Å²) in [6.45, 7) is 5.64. The molecule has 6 heteroatoms. The minimum Gasteiger partial charge on any atom is -0.480 e. The van der Waals surface area contributed by atoms with Gasteiger partial charge in [0.1, 0.15) is 6.04 Å². The third-order valence-corrected chi connectivity index (χ3v) is 3.25. The van der Waals surface area contributed by atoms with Crippen molar-refractivity contribution in [2.24, 2.45) is 5.92 Å². The molecule has 0 saturated heterocycles. The molecule has 0 heterocycles. The zero-order valence-electron chi connectivity index (χ0n) is 13.1. The number of carbonyl (C=O) groups is 3. The van der Waals surface area contributed by atoms with Crippen molar-refractivity contribution in [1.29, 1.82) is 0 Å². The molecule has 2 amide bonds. The molecule has 120 valence electrons. The number of aliphatic carboxylic acids is 1. The van der Waals surface area contributed by atoms with E-state index in [0.29, 0.717) is 18.5 Å². The SMILES string of the molecule is CCC(=O)NCc1ccc(C(=O)NC(C(=O)O)C(C)C)cc1. The van der Waals surface area contributed by atoms with Crippen LogP contribution in [-0.4, -0.2) is 28.9 Å². The van der Waals surface area contributed by atoms with Gasteiger partial charge in [-0.1, -0.05) is 32.9 Å². The maximum absolute atomic E-state index is 12.0. The molecule has 0 aliphatic rings. The monoisotopic (exact) mass is 306 g/mol. The van der Waals surface area contributed by atoms with Crippen molar-refractivity contribution < 1.29 is 19.5 Å². The van der Waals surface area contributed by atoms with Crippen LogP contribution in [0.4, 0.5) is 0 Å². The fraction of sp³-hybridized carbons (Fsp3) is 0.438. The van der Waals surface area contributed by atoms with Crippen LogP contribution in [0.1, 0.15) is 43.1 Å². The van der Waals surface area contributed by atoms with Gasteiger partial charge in [-0.05, 0) is 23.6 Å². The van der Waals surface area contributed by atoms with E-state index in [2.05, 4.69) is 10.6 Å². The predicted molar refractivity (Wildman–Crippen MR) is 82.3 cm³/mol. The summed E-state index contributed by atoms with van der Waals surface area (Å²) >= 11 is 0. The molecule has 0 aliphatic heterocycles. The Morgan fingerprint density at radius 3 is 2.18 bits per heavy atom. The van der Waals surface area contributed by atoms with Crippen molar-refractivity contribution in [1.82, 2.24) is 10.6 Å². The van der Waals surface area contributed by atoms with E-state index in [9.17, 15) is 14.4 Å².